The second-order valence-electron chi connectivity index (χ2n) is 5.80. The van der Waals surface area contributed by atoms with Crippen molar-refractivity contribution in [3.63, 3.8) is 0 Å². The molecule has 1 aliphatic rings. The van der Waals surface area contributed by atoms with E-state index in [2.05, 4.69) is 5.10 Å². The van der Waals surface area contributed by atoms with Gasteiger partial charge in [0.25, 0.3) is 0 Å². The largest absolute Gasteiger partial charge is 0.374 e. The SMILES string of the molecule is C[C@@H]1CN(C(=O)Cn2ncn(C)c2=O)[C@H](c2ccccc2)CO1. The van der Waals surface area contributed by atoms with Gasteiger partial charge in [-0.05, 0) is 12.5 Å². The zero-order chi connectivity index (χ0) is 16.4. The Morgan fingerprint density at radius 2 is 2.09 bits per heavy atom. The third-order valence-corrected chi connectivity index (χ3v) is 4.05. The summed E-state index contributed by atoms with van der Waals surface area (Å²) in [6.45, 7) is 2.83. The average molecular weight is 316 g/mol. The monoisotopic (exact) mass is 316 g/mol. The molecule has 1 aliphatic heterocycles. The van der Waals surface area contributed by atoms with Gasteiger partial charge in [0, 0.05) is 13.6 Å². The van der Waals surface area contributed by atoms with Crippen molar-refractivity contribution in [1.82, 2.24) is 19.2 Å². The van der Waals surface area contributed by atoms with Crippen LogP contribution in [0, 0.1) is 0 Å². The summed E-state index contributed by atoms with van der Waals surface area (Å²) in [6.07, 6.45) is 1.38. The highest BCUT2D eigenvalue weighted by Crippen LogP contribution is 2.26. The van der Waals surface area contributed by atoms with Crippen molar-refractivity contribution in [1.29, 1.82) is 0 Å². The van der Waals surface area contributed by atoms with Crippen molar-refractivity contribution in [3.05, 3.63) is 52.7 Å². The number of hydrogen-bond acceptors (Lipinski definition) is 4. The molecular weight excluding hydrogens is 296 g/mol. The van der Waals surface area contributed by atoms with E-state index in [4.69, 9.17) is 4.74 Å². The first-order valence-corrected chi connectivity index (χ1v) is 7.60. The van der Waals surface area contributed by atoms with E-state index in [0.717, 1.165) is 5.56 Å². The lowest BCUT2D eigenvalue weighted by Crippen LogP contribution is -2.48. The molecule has 7 heteroatoms. The number of aryl methyl sites for hydroxylation is 1. The van der Waals surface area contributed by atoms with Crippen molar-refractivity contribution in [2.75, 3.05) is 13.2 Å². The first-order valence-electron chi connectivity index (χ1n) is 7.60. The van der Waals surface area contributed by atoms with Crippen LogP contribution in [0.1, 0.15) is 18.5 Å². The maximum absolute atomic E-state index is 12.7. The fraction of sp³-hybridized carbons (Fsp3) is 0.438. The van der Waals surface area contributed by atoms with Gasteiger partial charge in [0.05, 0.1) is 18.8 Å². The van der Waals surface area contributed by atoms with Crippen molar-refractivity contribution >= 4 is 5.91 Å². The molecule has 2 atom stereocenters. The number of hydrogen-bond donors (Lipinski definition) is 0. The van der Waals surface area contributed by atoms with Gasteiger partial charge in [0.1, 0.15) is 12.9 Å². The van der Waals surface area contributed by atoms with Crippen LogP contribution in [0.4, 0.5) is 0 Å². The van der Waals surface area contributed by atoms with Crippen LogP contribution >= 0.6 is 0 Å². The summed E-state index contributed by atoms with van der Waals surface area (Å²) in [5, 5.41) is 3.96. The molecule has 0 bridgehead atoms. The topological polar surface area (TPSA) is 69.4 Å². The average Bonchev–Trinajstić information content (AvgIpc) is 2.87. The molecule has 0 spiro atoms. The highest BCUT2D eigenvalue weighted by molar-refractivity contribution is 5.76. The lowest BCUT2D eigenvalue weighted by Gasteiger charge is -2.39. The Kier molecular flexibility index (Phi) is 4.29. The summed E-state index contributed by atoms with van der Waals surface area (Å²) in [7, 11) is 1.61. The molecule has 3 rings (SSSR count). The van der Waals surface area contributed by atoms with Crippen LogP contribution in [0.15, 0.2) is 41.5 Å². The van der Waals surface area contributed by atoms with Crippen LogP contribution in [0.5, 0.6) is 0 Å². The first kappa shape index (κ1) is 15.5. The van der Waals surface area contributed by atoms with Gasteiger partial charge in [-0.1, -0.05) is 30.3 Å². The zero-order valence-corrected chi connectivity index (χ0v) is 13.3. The summed E-state index contributed by atoms with van der Waals surface area (Å²) in [4.78, 5) is 26.4. The lowest BCUT2D eigenvalue weighted by atomic mass is 10.0. The van der Waals surface area contributed by atoms with Gasteiger partial charge in [0.2, 0.25) is 5.91 Å². The second-order valence-corrected chi connectivity index (χ2v) is 5.80. The van der Waals surface area contributed by atoms with Gasteiger partial charge in [-0.3, -0.25) is 9.36 Å². The molecule has 1 saturated heterocycles. The van der Waals surface area contributed by atoms with Gasteiger partial charge in [-0.15, -0.1) is 0 Å². The Morgan fingerprint density at radius 1 is 1.35 bits per heavy atom. The Balaban J connectivity index is 1.83. The van der Waals surface area contributed by atoms with Crippen LogP contribution in [0.3, 0.4) is 0 Å². The maximum Gasteiger partial charge on any atom is 0.345 e. The Morgan fingerprint density at radius 3 is 2.74 bits per heavy atom. The molecule has 0 unspecified atom stereocenters. The molecule has 1 amide bonds. The number of rotatable bonds is 3. The van der Waals surface area contributed by atoms with E-state index in [1.54, 1.807) is 11.9 Å². The van der Waals surface area contributed by atoms with E-state index >= 15 is 0 Å². The van der Waals surface area contributed by atoms with E-state index in [1.165, 1.54) is 15.6 Å². The predicted molar refractivity (Wildman–Crippen MR) is 83.8 cm³/mol. The zero-order valence-electron chi connectivity index (χ0n) is 13.3. The minimum atomic E-state index is -0.295. The third kappa shape index (κ3) is 3.19. The van der Waals surface area contributed by atoms with Crippen LogP contribution < -0.4 is 5.69 Å². The van der Waals surface area contributed by atoms with Gasteiger partial charge >= 0.3 is 5.69 Å². The summed E-state index contributed by atoms with van der Waals surface area (Å²) < 4.78 is 8.26. The summed E-state index contributed by atoms with van der Waals surface area (Å²) in [6, 6.07) is 9.65. The number of carbonyl (C=O) groups excluding carboxylic acids is 1. The molecular formula is C16H20N4O3. The molecule has 1 aromatic carbocycles. The number of morpholine rings is 1. The number of benzene rings is 1. The molecule has 1 aromatic heterocycles. The lowest BCUT2D eigenvalue weighted by molar-refractivity contribution is -0.145. The Labute approximate surface area is 134 Å². The standard InChI is InChI=1S/C16H20N4O3/c1-12-8-19(14(10-23-12)13-6-4-3-5-7-13)15(21)9-20-16(22)18(2)11-17-20/h3-7,11-12,14H,8-10H2,1-2H3/t12-,14+/m1/s1. The molecule has 2 aromatic rings. The smallest absolute Gasteiger partial charge is 0.345 e. The van der Waals surface area contributed by atoms with Crippen molar-refractivity contribution < 1.29 is 9.53 Å². The molecule has 122 valence electrons. The van der Waals surface area contributed by atoms with Crippen LogP contribution in [0.2, 0.25) is 0 Å². The minimum absolute atomic E-state index is 0.0284. The summed E-state index contributed by atoms with van der Waals surface area (Å²) in [5.41, 5.74) is 0.733. The Hall–Kier alpha value is -2.41. The van der Waals surface area contributed by atoms with Crippen molar-refractivity contribution in [2.24, 2.45) is 7.05 Å². The van der Waals surface area contributed by atoms with Gasteiger partial charge in [-0.25, -0.2) is 9.48 Å². The molecule has 2 heterocycles. The molecule has 7 nitrogen and oxygen atoms in total. The van der Waals surface area contributed by atoms with E-state index in [9.17, 15) is 9.59 Å². The predicted octanol–water partition coefficient (Wildman–Crippen LogP) is 0.570. The van der Waals surface area contributed by atoms with Gasteiger partial charge < -0.3 is 9.64 Å². The van der Waals surface area contributed by atoms with E-state index in [0.29, 0.717) is 13.2 Å². The van der Waals surface area contributed by atoms with Crippen LogP contribution in [-0.2, 0) is 23.1 Å². The summed E-state index contributed by atoms with van der Waals surface area (Å²) in [5.74, 6) is -0.130. The van der Waals surface area contributed by atoms with Gasteiger partial charge in [-0.2, -0.15) is 5.10 Å². The van der Waals surface area contributed by atoms with Crippen molar-refractivity contribution in [2.45, 2.75) is 25.6 Å². The second kappa shape index (κ2) is 6.37. The Bertz CT molecular complexity index is 737. The van der Waals surface area contributed by atoms with E-state index in [-0.39, 0.29) is 30.3 Å². The number of ether oxygens (including phenoxy) is 1. The van der Waals surface area contributed by atoms with Crippen LogP contribution in [-0.4, -0.2) is 44.4 Å². The number of amides is 1. The van der Waals surface area contributed by atoms with Gasteiger partial charge in [0.15, 0.2) is 0 Å². The normalized spacial score (nSPS) is 21.4. The molecule has 0 radical (unpaired) electrons. The number of carbonyl (C=O) groups is 1. The highest BCUT2D eigenvalue weighted by atomic mass is 16.5. The minimum Gasteiger partial charge on any atom is -0.374 e. The molecule has 0 N–H and O–H groups in total. The van der Waals surface area contributed by atoms with Crippen molar-refractivity contribution in [3.8, 4) is 0 Å². The number of nitrogens with zero attached hydrogens (tertiary/aromatic N) is 4. The fourth-order valence-corrected chi connectivity index (χ4v) is 2.78. The quantitative estimate of drug-likeness (QED) is 0.830. The van der Waals surface area contributed by atoms with Crippen LogP contribution in [0.25, 0.3) is 0 Å². The molecule has 0 aliphatic carbocycles. The number of aromatic nitrogens is 3. The van der Waals surface area contributed by atoms with E-state index in [1.807, 2.05) is 37.3 Å². The highest BCUT2D eigenvalue weighted by Gasteiger charge is 2.31. The maximum atomic E-state index is 12.7. The summed E-state index contributed by atoms with van der Waals surface area (Å²) >= 11 is 0. The van der Waals surface area contributed by atoms with E-state index < -0.39 is 0 Å². The fourth-order valence-electron chi connectivity index (χ4n) is 2.78. The first-order chi connectivity index (χ1) is 11.1. The molecule has 23 heavy (non-hydrogen) atoms. The molecule has 0 saturated carbocycles. The molecule has 1 fully saturated rings. The third-order valence-electron chi connectivity index (χ3n) is 4.05.